The first kappa shape index (κ1) is 16.3. The van der Waals surface area contributed by atoms with Gasteiger partial charge in [-0.3, -0.25) is 4.79 Å². The summed E-state index contributed by atoms with van der Waals surface area (Å²) in [5.74, 6) is -0.751. The molecule has 2 aromatic heterocycles. The predicted molar refractivity (Wildman–Crippen MR) is 105 cm³/mol. The number of thiophene rings is 1. The molecular formula is C21H18N2O3S. The molecule has 0 spiro atoms. The van der Waals surface area contributed by atoms with Gasteiger partial charge < -0.3 is 14.6 Å². The normalized spacial score (nSPS) is 15.7. The molecule has 1 N–H and O–H groups in total. The zero-order valence-corrected chi connectivity index (χ0v) is 15.5. The number of hydrogen-bond acceptors (Lipinski definition) is 3. The fourth-order valence-corrected chi connectivity index (χ4v) is 4.94. The van der Waals surface area contributed by atoms with Gasteiger partial charge in [-0.1, -0.05) is 12.1 Å². The van der Waals surface area contributed by atoms with Crippen molar-refractivity contribution in [2.75, 3.05) is 11.4 Å². The molecule has 1 aromatic carbocycles. The molecule has 0 atom stereocenters. The molecule has 0 unspecified atom stereocenters. The van der Waals surface area contributed by atoms with Crippen molar-refractivity contribution < 1.29 is 14.7 Å². The highest BCUT2D eigenvalue weighted by Crippen LogP contribution is 2.43. The number of benzene rings is 1. The second-order valence-electron chi connectivity index (χ2n) is 6.97. The van der Waals surface area contributed by atoms with Gasteiger partial charge >= 0.3 is 5.97 Å². The van der Waals surface area contributed by atoms with Gasteiger partial charge in [0.05, 0.1) is 5.69 Å². The molecule has 0 bridgehead atoms. The van der Waals surface area contributed by atoms with E-state index in [9.17, 15) is 14.7 Å². The molecule has 2 aliphatic heterocycles. The van der Waals surface area contributed by atoms with E-state index < -0.39 is 5.97 Å². The molecule has 27 heavy (non-hydrogen) atoms. The Kier molecular flexibility index (Phi) is 3.68. The fourth-order valence-electron chi connectivity index (χ4n) is 4.19. The van der Waals surface area contributed by atoms with Crippen molar-refractivity contribution in [1.82, 2.24) is 4.57 Å². The number of amides is 1. The van der Waals surface area contributed by atoms with Crippen molar-refractivity contribution in [3.63, 3.8) is 0 Å². The molecular weight excluding hydrogens is 360 g/mol. The van der Waals surface area contributed by atoms with Crippen LogP contribution in [0.25, 0.3) is 21.7 Å². The van der Waals surface area contributed by atoms with Crippen molar-refractivity contribution in [2.45, 2.75) is 25.8 Å². The second-order valence-corrected chi connectivity index (χ2v) is 7.91. The lowest BCUT2D eigenvalue weighted by Crippen LogP contribution is -2.24. The number of aryl methyl sites for hydroxylation is 1. The number of carboxylic acid groups (broad SMARTS) is 1. The van der Waals surface area contributed by atoms with E-state index in [1.165, 1.54) is 5.56 Å². The Morgan fingerprint density at radius 1 is 1.07 bits per heavy atom. The highest BCUT2D eigenvalue weighted by molar-refractivity contribution is 7.13. The largest absolute Gasteiger partial charge is 0.477 e. The molecule has 0 aliphatic carbocycles. The van der Waals surface area contributed by atoms with Crippen LogP contribution in [0.4, 0.5) is 5.69 Å². The number of aromatic nitrogens is 1. The third kappa shape index (κ3) is 2.51. The van der Waals surface area contributed by atoms with E-state index in [0.717, 1.165) is 46.8 Å². The predicted octanol–water partition coefficient (Wildman–Crippen LogP) is 4.26. The minimum atomic E-state index is -0.909. The topological polar surface area (TPSA) is 62.5 Å². The van der Waals surface area contributed by atoms with E-state index >= 15 is 0 Å². The van der Waals surface area contributed by atoms with E-state index in [0.29, 0.717) is 18.7 Å². The summed E-state index contributed by atoms with van der Waals surface area (Å²) in [7, 11) is 0. The standard InChI is InChI=1S/C21H18N2O3S/c24-19-4-1-8-22(19)14-6-5-13-7-9-23-17(21(25)26)12-16(18-3-2-10-27-18)20(23)15(13)11-14/h2-3,5-6,10-12H,1,4,7-9H2,(H,25,26). The number of hydrogen-bond donors (Lipinski definition) is 1. The second kappa shape index (κ2) is 6.09. The fraction of sp³-hybridized carbons (Fsp3) is 0.238. The van der Waals surface area contributed by atoms with Crippen LogP contribution in [0.15, 0.2) is 41.8 Å². The van der Waals surface area contributed by atoms with Crippen LogP contribution in [0.2, 0.25) is 0 Å². The summed E-state index contributed by atoms with van der Waals surface area (Å²) in [6, 6.07) is 12.0. The number of anilines is 1. The number of aromatic carboxylic acids is 1. The van der Waals surface area contributed by atoms with Crippen LogP contribution >= 0.6 is 11.3 Å². The Morgan fingerprint density at radius 3 is 2.67 bits per heavy atom. The zero-order chi connectivity index (χ0) is 18.5. The molecule has 1 saturated heterocycles. The molecule has 2 aliphatic rings. The van der Waals surface area contributed by atoms with Gasteiger partial charge in [0.1, 0.15) is 5.69 Å². The lowest BCUT2D eigenvalue weighted by Gasteiger charge is -2.24. The lowest BCUT2D eigenvalue weighted by atomic mass is 9.95. The monoisotopic (exact) mass is 378 g/mol. The molecule has 136 valence electrons. The summed E-state index contributed by atoms with van der Waals surface area (Å²) in [5, 5.41) is 11.7. The van der Waals surface area contributed by atoms with Gasteiger partial charge in [-0.25, -0.2) is 4.79 Å². The quantitative estimate of drug-likeness (QED) is 0.740. The Bertz CT molecular complexity index is 1070. The maximum absolute atomic E-state index is 12.2. The number of carboxylic acids is 1. The van der Waals surface area contributed by atoms with E-state index in [1.807, 2.05) is 33.0 Å². The first-order chi connectivity index (χ1) is 13.1. The van der Waals surface area contributed by atoms with Gasteiger partial charge in [0.25, 0.3) is 0 Å². The van der Waals surface area contributed by atoms with E-state index in [-0.39, 0.29) is 5.91 Å². The number of rotatable bonds is 3. The van der Waals surface area contributed by atoms with Crippen molar-refractivity contribution in [2.24, 2.45) is 0 Å². The average Bonchev–Trinajstić information content (AvgIpc) is 3.40. The number of fused-ring (bicyclic) bond motifs is 3. The SMILES string of the molecule is O=C(O)c1cc(-c2cccs2)c2n1CCc1ccc(N3CCCC3=O)cc1-2. The molecule has 5 nitrogen and oxygen atoms in total. The van der Waals surface area contributed by atoms with Crippen molar-refractivity contribution in [1.29, 1.82) is 0 Å². The first-order valence-corrected chi connectivity index (χ1v) is 9.96. The summed E-state index contributed by atoms with van der Waals surface area (Å²) < 4.78 is 1.91. The minimum Gasteiger partial charge on any atom is -0.477 e. The van der Waals surface area contributed by atoms with Crippen LogP contribution in [0, 0.1) is 0 Å². The molecule has 1 amide bonds. The van der Waals surface area contributed by atoms with Crippen LogP contribution in [0.3, 0.4) is 0 Å². The Labute approximate surface area is 160 Å². The summed E-state index contributed by atoms with van der Waals surface area (Å²) in [6.45, 7) is 1.40. The van der Waals surface area contributed by atoms with Crippen LogP contribution in [-0.4, -0.2) is 28.1 Å². The van der Waals surface area contributed by atoms with Gasteiger partial charge in [-0.15, -0.1) is 11.3 Å². The molecule has 5 rings (SSSR count). The van der Waals surface area contributed by atoms with Gasteiger partial charge in [-0.2, -0.15) is 0 Å². The highest BCUT2D eigenvalue weighted by Gasteiger charge is 2.28. The summed E-state index contributed by atoms with van der Waals surface area (Å²) in [4.78, 5) is 26.9. The third-order valence-electron chi connectivity index (χ3n) is 5.44. The van der Waals surface area contributed by atoms with Gasteiger partial charge in [0, 0.05) is 41.2 Å². The van der Waals surface area contributed by atoms with Crippen LogP contribution in [0.5, 0.6) is 0 Å². The first-order valence-electron chi connectivity index (χ1n) is 9.08. The van der Waals surface area contributed by atoms with Gasteiger partial charge in [-0.05, 0) is 48.1 Å². The zero-order valence-electron chi connectivity index (χ0n) is 14.6. The molecule has 6 heteroatoms. The van der Waals surface area contributed by atoms with Crippen molar-refractivity contribution >= 4 is 28.9 Å². The van der Waals surface area contributed by atoms with E-state index in [4.69, 9.17) is 0 Å². The highest BCUT2D eigenvalue weighted by atomic mass is 32.1. The smallest absolute Gasteiger partial charge is 0.352 e. The molecule has 0 radical (unpaired) electrons. The summed E-state index contributed by atoms with van der Waals surface area (Å²) >= 11 is 1.61. The Hall–Kier alpha value is -2.86. The molecule has 4 heterocycles. The minimum absolute atomic E-state index is 0.158. The number of carbonyl (C=O) groups is 2. The number of nitrogens with zero attached hydrogens (tertiary/aromatic N) is 2. The number of carbonyl (C=O) groups excluding carboxylic acids is 1. The maximum Gasteiger partial charge on any atom is 0.352 e. The summed E-state index contributed by atoms with van der Waals surface area (Å²) in [6.07, 6.45) is 2.27. The van der Waals surface area contributed by atoms with Gasteiger partial charge in [0.15, 0.2) is 0 Å². The lowest BCUT2D eigenvalue weighted by molar-refractivity contribution is -0.117. The van der Waals surface area contributed by atoms with E-state index in [1.54, 1.807) is 17.4 Å². The van der Waals surface area contributed by atoms with Crippen LogP contribution < -0.4 is 4.90 Å². The Morgan fingerprint density at radius 2 is 1.96 bits per heavy atom. The molecule has 3 aromatic rings. The van der Waals surface area contributed by atoms with Crippen LogP contribution in [-0.2, 0) is 17.8 Å². The Balaban J connectivity index is 1.73. The maximum atomic E-state index is 12.2. The van der Waals surface area contributed by atoms with Crippen molar-refractivity contribution in [3.05, 3.63) is 53.0 Å². The third-order valence-corrected chi connectivity index (χ3v) is 6.34. The molecule has 0 saturated carbocycles. The van der Waals surface area contributed by atoms with Crippen LogP contribution in [0.1, 0.15) is 28.9 Å². The average molecular weight is 378 g/mol. The molecule has 1 fully saturated rings. The summed E-state index contributed by atoms with van der Waals surface area (Å²) in [5.41, 5.74) is 5.36. The van der Waals surface area contributed by atoms with Gasteiger partial charge in [0.2, 0.25) is 5.91 Å². The van der Waals surface area contributed by atoms with E-state index in [2.05, 4.69) is 12.1 Å². The van der Waals surface area contributed by atoms with Crippen molar-refractivity contribution in [3.8, 4) is 21.7 Å².